The van der Waals surface area contributed by atoms with Crippen molar-refractivity contribution >= 4 is 11.6 Å². The number of benzene rings is 1. The first-order chi connectivity index (χ1) is 6.61. The number of nitrogens with one attached hydrogen (secondary N) is 1. The molecule has 0 aliphatic heterocycles. The van der Waals surface area contributed by atoms with Gasteiger partial charge in [0.25, 0.3) is 0 Å². The van der Waals surface area contributed by atoms with E-state index in [1.807, 2.05) is 31.2 Å². The van der Waals surface area contributed by atoms with E-state index in [0.717, 1.165) is 10.6 Å². The van der Waals surface area contributed by atoms with Crippen LogP contribution >= 0.6 is 11.6 Å². The molecular formula is C11H16ClNO. The van der Waals surface area contributed by atoms with Crippen molar-refractivity contribution in [1.29, 1.82) is 0 Å². The van der Waals surface area contributed by atoms with Gasteiger partial charge in [0.1, 0.15) is 0 Å². The Morgan fingerprint density at radius 1 is 1.36 bits per heavy atom. The van der Waals surface area contributed by atoms with Gasteiger partial charge < -0.3 is 10.4 Å². The molecular weight excluding hydrogens is 198 g/mol. The Morgan fingerprint density at radius 2 is 2.00 bits per heavy atom. The van der Waals surface area contributed by atoms with E-state index in [1.54, 1.807) is 6.92 Å². The smallest absolute Gasteiger partial charge is 0.0636 e. The van der Waals surface area contributed by atoms with Crippen LogP contribution in [0.3, 0.4) is 0 Å². The summed E-state index contributed by atoms with van der Waals surface area (Å²) in [5.74, 6) is 0. The number of rotatable bonds is 4. The van der Waals surface area contributed by atoms with E-state index in [0.29, 0.717) is 6.54 Å². The number of hydrogen-bond acceptors (Lipinski definition) is 2. The minimum Gasteiger partial charge on any atom is -0.392 e. The van der Waals surface area contributed by atoms with Gasteiger partial charge in [0.2, 0.25) is 0 Å². The highest BCUT2D eigenvalue weighted by molar-refractivity contribution is 6.31. The molecule has 0 heterocycles. The van der Waals surface area contributed by atoms with Crippen molar-refractivity contribution in [2.24, 2.45) is 0 Å². The van der Waals surface area contributed by atoms with Crippen LogP contribution in [-0.4, -0.2) is 17.8 Å². The van der Waals surface area contributed by atoms with Crippen LogP contribution in [0.25, 0.3) is 0 Å². The number of hydrogen-bond donors (Lipinski definition) is 2. The van der Waals surface area contributed by atoms with Crippen LogP contribution in [0.1, 0.15) is 25.5 Å². The van der Waals surface area contributed by atoms with Crippen molar-refractivity contribution in [3.63, 3.8) is 0 Å². The number of halogens is 1. The molecule has 1 aromatic rings. The first-order valence-corrected chi connectivity index (χ1v) is 5.15. The second-order valence-electron chi connectivity index (χ2n) is 3.50. The van der Waals surface area contributed by atoms with E-state index in [-0.39, 0.29) is 12.1 Å². The average molecular weight is 214 g/mol. The molecule has 0 spiro atoms. The zero-order chi connectivity index (χ0) is 10.6. The van der Waals surface area contributed by atoms with Gasteiger partial charge in [-0.1, -0.05) is 29.8 Å². The predicted octanol–water partition coefficient (Wildman–Crippen LogP) is 2.37. The first kappa shape index (κ1) is 11.5. The minimum atomic E-state index is -0.333. The Bertz CT molecular complexity index is 288. The molecule has 0 aliphatic carbocycles. The first-order valence-electron chi connectivity index (χ1n) is 4.77. The van der Waals surface area contributed by atoms with Gasteiger partial charge >= 0.3 is 0 Å². The van der Waals surface area contributed by atoms with Gasteiger partial charge in [-0.15, -0.1) is 0 Å². The van der Waals surface area contributed by atoms with E-state index in [1.165, 1.54) is 0 Å². The summed E-state index contributed by atoms with van der Waals surface area (Å²) in [6.07, 6.45) is -0.333. The lowest BCUT2D eigenvalue weighted by molar-refractivity contribution is 0.187. The molecule has 14 heavy (non-hydrogen) atoms. The van der Waals surface area contributed by atoms with Crippen LogP contribution in [0, 0.1) is 0 Å². The highest BCUT2D eigenvalue weighted by atomic mass is 35.5. The van der Waals surface area contributed by atoms with Gasteiger partial charge in [0, 0.05) is 17.6 Å². The molecule has 0 bridgehead atoms. The molecule has 1 rings (SSSR count). The Hall–Kier alpha value is -0.570. The molecule has 0 aliphatic rings. The Labute approximate surface area is 89.9 Å². The Balaban J connectivity index is 2.60. The maximum absolute atomic E-state index is 9.12. The van der Waals surface area contributed by atoms with E-state index >= 15 is 0 Å². The monoisotopic (exact) mass is 213 g/mol. The van der Waals surface area contributed by atoms with Crippen LogP contribution < -0.4 is 5.32 Å². The summed E-state index contributed by atoms with van der Waals surface area (Å²) in [6, 6.07) is 7.90. The second kappa shape index (κ2) is 5.35. The maximum atomic E-state index is 9.12. The topological polar surface area (TPSA) is 32.3 Å². The van der Waals surface area contributed by atoms with Crippen molar-refractivity contribution in [1.82, 2.24) is 5.32 Å². The summed E-state index contributed by atoms with van der Waals surface area (Å²) in [6.45, 7) is 4.36. The second-order valence-corrected chi connectivity index (χ2v) is 3.91. The summed E-state index contributed by atoms with van der Waals surface area (Å²) in [4.78, 5) is 0. The van der Waals surface area contributed by atoms with Gasteiger partial charge in [-0.3, -0.25) is 0 Å². The van der Waals surface area contributed by atoms with Crippen LogP contribution in [0.2, 0.25) is 5.02 Å². The Morgan fingerprint density at radius 3 is 2.57 bits per heavy atom. The van der Waals surface area contributed by atoms with Gasteiger partial charge in [-0.05, 0) is 25.5 Å². The maximum Gasteiger partial charge on any atom is 0.0636 e. The van der Waals surface area contributed by atoms with E-state index in [4.69, 9.17) is 16.7 Å². The molecule has 78 valence electrons. The lowest BCUT2D eigenvalue weighted by Gasteiger charge is -2.16. The molecule has 0 amide bonds. The van der Waals surface area contributed by atoms with Gasteiger partial charge in [0.15, 0.2) is 0 Å². The summed E-state index contributed by atoms with van der Waals surface area (Å²) in [5, 5.41) is 13.1. The van der Waals surface area contributed by atoms with Gasteiger partial charge in [-0.25, -0.2) is 0 Å². The van der Waals surface area contributed by atoms with Gasteiger partial charge in [-0.2, -0.15) is 0 Å². The molecule has 2 N–H and O–H groups in total. The summed E-state index contributed by atoms with van der Waals surface area (Å²) in [7, 11) is 0. The molecule has 2 unspecified atom stereocenters. The van der Waals surface area contributed by atoms with Crippen LogP contribution in [0.15, 0.2) is 24.3 Å². The molecule has 3 heteroatoms. The standard InChI is InChI=1S/C11H16ClNO/c1-8(14)7-13-9(2)10-5-3-4-6-11(10)12/h3-6,8-9,13-14H,7H2,1-2H3. The quantitative estimate of drug-likeness (QED) is 0.805. The normalized spacial score (nSPS) is 15.1. The van der Waals surface area contributed by atoms with Gasteiger partial charge in [0.05, 0.1) is 6.10 Å². The molecule has 2 nitrogen and oxygen atoms in total. The third-order valence-corrected chi connectivity index (χ3v) is 2.44. The SMILES string of the molecule is CC(O)CNC(C)c1ccccc1Cl. The highest BCUT2D eigenvalue weighted by Gasteiger charge is 2.08. The van der Waals surface area contributed by atoms with Crippen LogP contribution in [0.5, 0.6) is 0 Å². The summed E-state index contributed by atoms with van der Waals surface area (Å²) in [5.41, 5.74) is 1.06. The lowest BCUT2D eigenvalue weighted by Crippen LogP contribution is -2.27. The van der Waals surface area contributed by atoms with Crippen molar-refractivity contribution < 1.29 is 5.11 Å². The number of aliphatic hydroxyl groups is 1. The number of aliphatic hydroxyl groups excluding tert-OH is 1. The molecule has 1 aromatic carbocycles. The average Bonchev–Trinajstić information content (AvgIpc) is 2.15. The predicted molar refractivity (Wildman–Crippen MR) is 59.6 cm³/mol. The van der Waals surface area contributed by atoms with Crippen molar-refractivity contribution in [3.8, 4) is 0 Å². The third-order valence-electron chi connectivity index (χ3n) is 2.09. The lowest BCUT2D eigenvalue weighted by atomic mass is 10.1. The minimum absolute atomic E-state index is 0.165. The molecule has 0 fully saturated rings. The fourth-order valence-electron chi connectivity index (χ4n) is 1.28. The summed E-state index contributed by atoms with van der Waals surface area (Å²) >= 11 is 6.03. The van der Waals surface area contributed by atoms with E-state index in [9.17, 15) is 0 Å². The third kappa shape index (κ3) is 3.29. The van der Waals surface area contributed by atoms with Crippen molar-refractivity contribution in [2.75, 3.05) is 6.54 Å². The molecule has 0 aromatic heterocycles. The molecule has 2 atom stereocenters. The fraction of sp³-hybridized carbons (Fsp3) is 0.455. The van der Waals surface area contributed by atoms with Crippen LogP contribution in [-0.2, 0) is 0 Å². The zero-order valence-corrected chi connectivity index (χ0v) is 9.25. The molecule has 0 saturated carbocycles. The summed E-state index contributed by atoms with van der Waals surface area (Å²) < 4.78 is 0. The molecule has 0 saturated heterocycles. The van der Waals surface area contributed by atoms with Crippen molar-refractivity contribution in [3.05, 3.63) is 34.9 Å². The zero-order valence-electron chi connectivity index (χ0n) is 8.50. The van der Waals surface area contributed by atoms with Crippen LogP contribution in [0.4, 0.5) is 0 Å². The fourth-order valence-corrected chi connectivity index (χ4v) is 1.58. The largest absolute Gasteiger partial charge is 0.392 e. The van der Waals surface area contributed by atoms with E-state index < -0.39 is 0 Å². The highest BCUT2D eigenvalue weighted by Crippen LogP contribution is 2.21. The van der Waals surface area contributed by atoms with Crippen molar-refractivity contribution in [2.45, 2.75) is 26.0 Å². The molecule has 0 radical (unpaired) electrons. The Kier molecular flexibility index (Phi) is 4.39. The van der Waals surface area contributed by atoms with E-state index in [2.05, 4.69) is 5.32 Å².